The highest BCUT2D eigenvalue weighted by Crippen LogP contribution is 2.15. The molecule has 1 aromatic carbocycles. The number of fused-ring (bicyclic) bond motifs is 1. The summed E-state index contributed by atoms with van der Waals surface area (Å²) in [5.74, 6) is 1.87. The number of carbonyl (C=O) groups is 2. The first-order valence-electron chi connectivity index (χ1n) is 10.6. The van der Waals surface area contributed by atoms with Gasteiger partial charge < -0.3 is 14.7 Å². The summed E-state index contributed by atoms with van der Waals surface area (Å²) in [7, 11) is 1.82. The first kappa shape index (κ1) is 22.1. The van der Waals surface area contributed by atoms with Crippen LogP contribution in [0.2, 0.25) is 0 Å². The zero-order valence-electron chi connectivity index (χ0n) is 18.3. The lowest BCUT2D eigenvalue weighted by Crippen LogP contribution is -2.49. The SMILES string of the molecule is CSCCN(C)C(=O)c1ccc(CC(=O)N2CCN(c3ccc4nncn4n3)CC2)cc1. The summed E-state index contributed by atoms with van der Waals surface area (Å²) in [5, 5.41) is 12.4. The van der Waals surface area contributed by atoms with Gasteiger partial charge in [0.2, 0.25) is 5.91 Å². The fraction of sp³-hybridized carbons (Fsp3) is 0.409. The standard InChI is InChI=1S/C22H27N7O2S/c1-26(13-14-32-2)22(31)18-5-3-17(4-6-18)15-21(30)28-11-9-27(10-12-28)20-8-7-19-24-23-16-29(19)25-20/h3-8,16H,9-15H2,1-2H3. The Morgan fingerprint density at radius 2 is 1.81 bits per heavy atom. The monoisotopic (exact) mass is 453 g/mol. The number of amides is 2. The lowest BCUT2D eigenvalue weighted by Gasteiger charge is -2.35. The molecule has 10 heteroatoms. The summed E-state index contributed by atoms with van der Waals surface area (Å²) in [6.45, 7) is 3.47. The molecule has 3 heterocycles. The molecule has 0 unspecified atom stereocenters. The lowest BCUT2D eigenvalue weighted by molar-refractivity contribution is -0.130. The van der Waals surface area contributed by atoms with Crippen molar-refractivity contribution in [3.05, 3.63) is 53.9 Å². The highest BCUT2D eigenvalue weighted by molar-refractivity contribution is 7.98. The number of piperazine rings is 1. The van der Waals surface area contributed by atoms with Crippen LogP contribution in [-0.2, 0) is 11.2 Å². The molecule has 0 N–H and O–H groups in total. The fourth-order valence-electron chi connectivity index (χ4n) is 3.67. The van der Waals surface area contributed by atoms with E-state index in [-0.39, 0.29) is 11.8 Å². The molecular formula is C22H27N7O2S. The van der Waals surface area contributed by atoms with Gasteiger partial charge in [0, 0.05) is 51.1 Å². The molecule has 0 radical (unpaired) electrons. The molecule has 1 fully saturated rings. The number of anilines is 1. The second kappa shape index (κ2) is 9.99. The molecule has 1 saturated heterocycles. The third-order valence-corrected chi connectivity index (χ3v) is 6.23. The number of nitrogens with zero attached hydrogens (tertiary/aromatic N) is 7. The molecule has 2 amide bonds. The first-order chi connectivity index (χ1) is 15.5. The Kier molecular flexibility index (Phi) is 6.89. The number of hydrogen-bond acceptors (Lipinski definition) is 7. The zero-order valence-corrected chi connectivity index (χ0v) is 19.2. The zero-order chi connectivity index (χ0) is 22.5. The van der Waals surface area contributed by atoms with E-state index in [9.17, 15) is 9.59 Å². The third kappa shape index (κ3) is 5.01. The Bertz CT molecular complexity index is 1080. The maximum Gasteiger partial charge on any atom is 0.253 e. The molecule has 0 atom stereocenters. The summed E-state index contributed by atoms with van der Waals surface area (Å²) >= 11 is 1.72. The topological polar surface area (TPSA) is 86.9 Å². The average molecular weight is 454 g/mol. The molecule has 32 heavy (non-hydrogen) atoms. The van der Waals surface area contributed by atoms with Crippen molar-refractivity contribution in [2.24, 2.45) is 0 Å². The van der Waals surface area contributed by atoms with Crippen LogP contribution < -0.4 is 4.90 Å². The molecule has 0 saturated carbocycles. The second-order valence-electron chi connectivity index (χ2n) is 7.79. The fourth-order valence-corrected chi connectivity index (χ4v) is 4.13. The summed E-state index contributed by atoms with van der Waals surface area (Å²) in [6.07, 6.45) is 3.94. The van der Waals surface area contributed by atoms with Gasteiger partial charge in [-0.05, 0) is 36.1 Å². The van der Waals surface area contributed by atoms with Crippen LogP contribution >= 0.6 is 11.8 Å². The van der Waals surface area contributed by atoms with E-state index in [0.717, 1.165) is 36.8 Å². The van der Waals surface area contributed by atoms with Crippen molar-refractivity contribution in [3.8, 4) is 0 Å². The van der Waals surface area contributed by atoms with E-state index in [0.29, 0.717) is 30.7 Å². The molecule has 4 rings (SSSR count). The molecular weight excluding hydrogens is 426 g/mol. The third-order valence-electron chi connectivity index (χ3n) is 5.64. The Morgan fingerprint density at radius 1 is 1.06 bits per heavy atom. The van der Waals surface area contributed by atoms with Gasteiger partial charge in [0.15, 0.2) is 5.65 Å². The summed E-state index contributed by atoms with van der Waals surface area (Å²) in [4.78, 5) is 31.0. The Balaban J connectivity index is 1.29. The Hall–Kier alpha value is -3.14. The average Bonchev–Trinajstić information content (AvgIpc) is 3.30. The normalized spacial score (nSPS) is 14.1. The minimum Gasteiger partial charge on any atom is -0.352 e. The van der Waals surface area contributed by atoms with Crippen LogP contribution in [0.3, 0.4) is 0 Å². The van der Waals surface area contributed by atoms with Crippen molar-refractivity contribution in [3.63, 3.8) is 0 Å². The second-order valence-corrected chi connectivity index (χ2v) is 8.77. The van der Waals surface area contributed by atoms with E-state index in [1.54, 1.807) is 27.5 Å². The van der Waals surface area contributed by atoms with Gasteiger partial charge in [0.1, 0.15) is 12.1 Å². The quantitative estimate of drug-likeness (QED) is 0.535. The van der Waals surface area contributed by atoms with Crippen molar-refractivity contribution < 1.29 is 9.59 Å². The molecule has 1 aliphatic heterocycles. The molecule has 2 aromatic heterocycles. The number of benzene rings is 1. The molecule has 168 valence electrons. The summed E-state index contributed by atoms with van der Waals surface area (Å²) in [5.41, 5.74) is 2.28. The maximum absolute atomic E-state index is 12.8. The van der Waals surface area contributed by atoms with Crippen LogP contribution in [0.15, 0.2) is 42.7 Å². The van der Waals surface area contributed by atoms with Crippen molar-refractivity contribution in [2.45, 2.75) is 6.42 Å². The Morgan fingerprint density at radius 3 is 2.53 bits per heavy atom. The largest absolute Gasteiger partial charge is 0.352 e. The van der Waals surface area contributed by atoms with E-state index >= 15 is 0 Å². The van der Waals surface area contributed by atoms with E-state index in [4.69, 9.17) is 0 Å². The van der Waals surface area contributed by atoms with Crippen LogP contribution in [0, 0.1) is 0 Å². The number of carbonyl (C=O) groups excluding carboxylic acids is 2. The minimum atomic E-state index is 0.00585. The van der Waals surface area contributed by atoms with Crippen LogP contribution in [-0.4, -0.2) is 93.2 Å². The van der Waals surface area contributed by atoms with Gasteiger partial charge in [-0.3, -0.25) is 9.59 Å². The van der Waals surface area contributed by atoms with Gasteiger partial charge in [-0.25, -0.2) is 0 Å². The number of aromatic nitrogens is 4. The van der Waals surface area contributed by atoms with Gasteiger partial charge in [0.25, 0.3) is 5.91 Å². The molecule has 0 aliphatic carbocycles. The van der Waals surface area contributed by atoms with Crippen molar-refractivity contribution in [2.75, 3.05) is 56.7 Å². The molecule has 0 spiro atoms. The number of hydrogen-bond donors (Lipinski definition) is 0. The van der Waals surface area contributed by atoms with Gasteiger partial charge >= 0.3 is 0 Å². The minimum absolute atomic E-state index is 0.00585. The smallest absolute Gasteiger partial charge is 0.253 e. The molecule has 9 nitrogen and oxygen atoms in total. The Labute approximate surface area is 191 Å². The predicted molar refractivity (Wildman–Crippen MR) is 125 cm³/mol. The van der Waals surface area contributed by atoms with E-state index in [1.807, 2.05) is 54.6 Å². The maximum atomic E-state index is 12.8. The van der Waals surface area contributed by atoms with Gasteiger partial charge in [0.05, 0.1) is 6.42 Å². The van der Waals surface area contributed by atoms with Crippen LogP contribution in [0.25, 0.3) is 5.65 Å². The van der Waals surface area contributed by atoms with E-state index in [1.165, 1.54) is 0 Å². The van der Waals surface area contributed by atoms with Crippen LogP contribution in [0.1, 0.15) is 15.9 Å². The van der Waals surface area contributed by atoms with Gasteiger partial charge in [-0.2, -0.15) is 16.3 Å². The lowest BCUT2D eigenvalue weighted by atomic mass is 10.1. The van der Waals surface area contributed by atoms with Crippen molar-refractivity contribution >= 4 is 35.0 Å². The van der Waals surface area contributed by atoms with Gasteiger partial charge in [-0.1, -0.05) is 12.1 Å². The van der Waals surface area contributed by atoms with Crippen molar-refractivity contribution in [1.29, 1.82) is 0 Å². The number of rotatable bonds is 7. The molecule has 3 aromatic rings. The van der Waals surface area contributed by atoms with Gasteiger partial charge in [-0.15, -0.1) is 15.3 Å². The molecule has 0 bridgehead atoms. The summed E-state index contributed by atoms with van der Waals surface area (Å²) < 4.78 is 1.65. The van der Waals surface area contributed by atoms with E-state index < -0.39 is 0 Å². The first-order valence-corrected chi connectivity index (χ1v) is 12.0. The highest BCUT2D eigenvalue weighted by Gasteiger charge is 2.22. The van der Waals surface area contributed by atoms with Crippen LogP contribution in [0.4, 0.5) is 5.82 Å². The molecule has 1 aliphatic rings. The van der Waals surface area contributed by atoms with E-state index in [2.05, 4.69) is 20.2 Å². The van der Waals surface area contributed by atoms with Crippen LogP contribution in [0.5, 0.6) is 0 Å². The number of thioether (sulfide) groups is 1. The summed E-state index contributed by atoms with van der Waals surface area (Å²) in [6, 6.07) is 11.2. The predicted octanol–water partition coefficient (Wildman–Crippen LogP) is 1.45. The highest BCUT2D eigenvalue weighted by atomic mass is 32.2. The van der Waals surface area contributed by atoms with Crippen molar-refractivity contribution in [1.82, 2.24) is 29.6 Å².